The molecule has 5 nitrogen and oxygen atoms in total. The molecule has 0 bridgehead atoms. The van der Waals surface area contributed by atoms with Crippen LogP contribution in [0.25, 0.3) is 0 Å². The summed E-state index contributed by atoms with van der Waals surface area (Å²) in [6.45, 7) is 5.40. The summed E-state index contributed by atoms with van der Waals surface area (Å²) in [4.78, 5) is 12.1. The van der Waals surface area contributed by atoms with E-state index in [1.165, 1.54) is 26.4 Å². The number of phenolic OH excluding ortho intramolecular Hbond substituents is 1. The Kier molecular flexibility index (Phi) is 5.90. The van der Waals surface area contributed by atoms with Gasteiger partial charge in [-0.2, -0.15) is 0 Å². The third-order valence-electron chi connectivity index (χ3n) is 2.80. The lowest BCUT2D eigenvalue weighted by molar-refractivity contribution is 0.0320. The number of methoxy groups -OCH3 is 2. The first-order chi connectivity index (χ1) is 9.53. The number of ether oxygens (including phenoxy) is 3. The molecule has 0 heterocycles. The zero-order valence-electron chi connectivity index (χ0n) is 12.0. The molecule has 1 aromatic carbocycles. The molecule has 0 aliphatic rings. The molecule has 0 aromatic heterocycles. The van der Waals surface area contributed by atoms with Crippen molar-refractivity contribution in [2.24, 2.45) is 0 Å². The van der Waals surface area contributed by atoms with Crippen molar-refractivity contribution < 1.29 is 24.1 Å². The number of esters is 1. The van der Waals surface area contributed by atoms with Crippen LogP contribution in [0.1, 0.15) is 30.1 Å². The highest BCUT2D eigenvalue weighted by atomic mass is 16.5. The van der Waals surface area contributed by atoms with Gasteiger partial charge in [0.15, 0.2) is 0 Å². The fraction of sp³-hybridized carbons (Fsp3) is 0.400. The van der Waals surface area contributed by atoms with E-state index in [-0.39, 0.29) is 23.2 Å². The first-order valence-electron chi connectivity index (χ1n) is 6.30. The minimum atomic E-state index is -0.626. The lowest BCUT2D eigenvalue weighted by Gasteiger charge is -2.15. The van der Waals surface area contributed by atoms with Crippen LogP contribution in [0.3, 0.4) is 0 Å². The summed E-state index contributed by atoms with van der Waals surface area (Å²) < 4.78 is 15.4. The third-order valence-corrected chi connectivity index (χ3v) is 2.80. The number of rotatable bonds is 7. The minimum Gasteiger partial charge on any atom is -0.507 e. The minimum absolute atomic E-state index is 0.00115. The summed E-state index contributed by atoms with van der Waals surface area (Å²) in [5, 5.41) is 9.92. The first kappa shape index (κ1) is 15.9. The van der Waals surface area contributed by atoms with Crippen LogP contribution < -0.4 is 9.47 Å². The Labute approximate surface area is 118 Å². The predicted molar refractivity (Wildman–Crippen MR) is 75.5 cm³/mol. The van der Waals surface area contributed by atoms with Crippen molar-refractivity contribution in [1.82, 2.24) is 0 Å². The summed E-state index contributed by atoms with van der Waals surface area (Å²) in [7, 11) is 2.87. The molecule has 0 fully saturated rings. The van der Waals surface area contributed by atoms with E-state index in [1.54, 1.807) is 13.0 Å². The van der Waals surface area contributed by atoms with E-state index < -0.39 is 5.97 Å². The van der Waals surface area contributed by atoms with E-state index in [4.69, 9.17) is 14.2 Å². The Bertz CT molecular complexity index is 481. The highest BCUT2D eigenvalue weighted by molar-refractivity contribution is 5.96. The van der Waals surface area contributed by atoms with Crippen molar-refractivity contribution in [2.45, 2.75) is 25.9 Å². The highest BCUT2D eigenvalue weighted by Gasteiger charge is 2.22. The smallest absolute Gasteiger partial charge is 0.346 e. The lowest BCUT2D eigenvalue weighted by Crippen LogP contribution is -2.15. The quantitative estimate of drug-likeness (QED) is 0.614. The van der Waals surface area contributed by atoms with Gasteiger partial charge in [0.05, 0.1) is 20.3 Å². The topological polar surface area (TPSA) is 65.0 Å². The van der Waals surface area contributed by atoms with Crippen molar-refractivity contribution in [3.8, 4) is 17.2 Å². The van der Waals surface area contributed by atoms with Gasteiger partial charge in [-0.05, 0) is 19.8 Å². The van der Waals surface area contributed by atoms with Crippen molar-refractivity contribution in [3.63, 3.8) is 0 Å². The van der Waals surface area contributed by atoms with Gasteiger partial charge in [0.25, 0.3) is 0 Å². The van der Waals surface area contributed by atoms with Gasteiger partial charge in [-0.25, -0.2) is 4.79 Å². The normalized spacial score (nSPS) is 11.6. The van der Waals surface area contributed by atoms with Crippen molar-refractivity contribution in [2.75, 3.05) is 14.2 Å². The van der Waals surface area contributed by atoms with E-state index in [0.717, 1.165) is 6.42 Å². The Balaban J connectivity index is 2.94. The van der Waals surface area contributed by atoms with Crippen LogP contribution in [0.2, 0.25) is 0 Å². The molecule has 0 aliphatic carbocycles. The van der Waals surface area contributed by atoms with Crippen LogP contribution in [-0.4, -0.2) is 31.4 Å². The zero-order valence-corrected chi connectivity index (χ0v) is 12.0. The Morgan fingerprint density at radius 1 is 1.40 bits per heavy atom. The molecular weight excluding hydrogens is 260 g/mol. The average Bonchev–Trinajstić information content (AvgIpc) is 2.43. The number of hydrogen-bond acceptors (Lipinski definition) is 5. The maximum Gasteiger partial charge on any atom is 0.346 e. The number of allylic oxidation sites excluding steroid dienone is 1. The molecule has 1 aromatic rings. The Morgan fingerprint density at radius 2 is 2.10 bits per heavy atom. The molecule has 1 atom stereocenters. The van der Waals surface area contributed by atoms with Crippen LogP contribution >= 0.6 is 0 Å². The van der Waals surface area contributed by atoms with Crippen LogP contribution in [0.15, 0.2) is 24.8 Å². The Hall–Kier alpha value is -2.17. The predicted octanol–water partition coefficient (Wildman–Crippen LogP) is 2.92. The second kappa shape index (κ2) is 7.43. The Morgan fingerprint density at radius 3 is 2.65 bits per heavy atom. The highest BCUT2D eigenvalue weighted by Crippen LogP contribution is 2.34. The van der Waals surface area contributed by atoms with Gasteiger partial charge in [-0.3, -0.25) is 0 Å². The van der Waals surface area contributed by atoms with Crippen molar-refractivity contribution in [1.29, 1.82) is 0 Å². The standard InChI is InChI=1S/C15H20O5/c1-5-6-7-10(2)20-15(17)14-12(16)8-11(18-3)9-13(14)19-4/h5,8-10,16H,1,6-7H2,2-4H3/t10-/m1/s1. The van der Waals surface area contributed by atoms with Crippen molar-refractivity contribution in [3.05, 3.63) is 30.4 Å². The van der Waals surface area contributed by atoms with Crippen LogP contribution in [0.5, 0.6) is 17.2 Å². The molecule has 110 valence electrons. The fourth-order valence-corrected chi connectivity index (χ4v) is 1.71. The molecule has 0 amide bonds. The molecule has 0 radical (unpaired) electrons. The van der Waals surface area contributed by atoms with Gasteiger partial charge < -0.3 is 19.3 Å². The number of aromatic hydroxyl groups is 1. The fourth-order valence-electron chi connectivity index (χ4n) is 1.71. The van der Waals surface area contributed by atoms with Gasteiger partial charge >= 0.3 is 5.97 Å². The molecule has 0 unspecified atom stereocenters. The lowest BCUT2D eigenvalue weighted by atomic mass is 10.1. The maximum absolute atomic E-state index is 12.1. The molecule has 0 saturated heterocycles. The number of hydrogen-bond donors (Lipinski definition) is 1. The van der Waals surface area contributed by atoms with E-state index in [2.05, 4.69) is 6.58 Å². The molecule has 20 heavy (non-hydrogen) atoms. The molecule has 1 N–H and O–H groups in total. The van der Waals surface area contributed by atoms with Crippen LogP contribution in [-0.2, 0) is 4.74 Å². The third kappa shape index (κ3) is 3.91. The second-order valence-electron chi connectivity index (χ2n) is 4.31. The van der Waals surface area contributed by atoms with Gasteiger partial charge in [0, 0.05) is 12.1 Å². The molecule has 5 heteroatoms. The van der Waals surface area contributed by atoms with Crippen LogP contribution in [0.4, 0.5) is 0 Å². The van der Waals surface area contributed by atoms with Gasteiger partial charge in [-0.1, -0.05) is 6.08 Å². The summed E-state index contributed by atoms with van der Waals surface area (Å²) in [5.41, 5.74) is -0.00115. The number of carbonyl (C=O) groups is 1. The van der Waals surface area contributed by atoms with Crippen LogP contribution in [0, 0.1) is 0 Å². The summed E-state index contributed by atoms with van der Waals surface area (Å²) >= 11 is 0. The van der Waals surface area contributed by atoms with Gasteiger partial charge in [-0.15, -0.1) is 6.58 Å². The zero-order chi connectivity index (χ0) is 15.1. The van der Waals surface area contributed by atoms with Gasteiger partial charge in [0.2, 0.25) is 0 Å². The SMILES string of the molecule is C=CCC[C@@H](C)OC(=O)c1c(O)cc(OC)cc1OC. The summed E-state index contributed by atoms with van der Waals surface area (Å²) in [5.74, 6) is -0.251. The molecule has 0 saturated carbocycles. The van der Waals surface area contributed by atoms with E-state index in [1.807, 2.05) is 0 Å². The maximum atomic E-state index is 12.1. The van der Waals surface area contributed by atoms with E-state index >= 15 is 0 Å². The van der Waals surface area contributed by atoms with E-state index in [0.29, 0.717) is 12.2 Å². The van der Waals surface area contributed by atoms with Gasteiger partial charge in [0.1, 0.15) is 22.8 Å². The van der Waals surface area contributed by atoms with E-state index in [9.17, 15) is 9.90 Å². The molecule has 0 aliphatic heterocycles. The number of benzene rings is 1. The summed E-state index contributed by atoms with van der Waals surface area (Å²) in [6, 6.07) is 2.86. The number of carbonyl (C=O) groups excluding carboxylic acids is 1. The molecule has 1 rings (SSSR count). The average molecular weight is 280 g/mol. The molecular formula is C15H20O5. The monoisotopic (exact) mass is 280 g/mol. The number of phenols is 1. The largest absolute Gasteiger partial charge is 0.507 e. The second-order valence-corrected chi connectivity index (χ2v) is 4.31. The molecule has 0 spiro atoms. The summed E-state index contributed by atoms with van der Waals surface area (Å²) in [6.07, 6.45) is 2.91. The van der Waals surface area contributed by atoms with Crippen molar-refractivity contribution >= 4 is 5.97 Å². The first-order valence-corrected chi connectivity index (χ1v) is 6.30.